The van der Waals surface area contributed by atoms with Crippen molar-refractivity contribution in [1.29, 1.82) is 0 Å². The molecular formula is C12H19N5O3S. The van der Waals surface area contributed by atoms with Crippen LogP contribution >= 0.6 is 11.8 Å². The predicted molar refractivity (Wildman–Crippen MR) is 77.9 cm³/mol. The highest BCUT2D eigenvalue weighted by Crippen LogP contribution is 2.19. The van der Waals surface area contributed by atoms with Crippen LogP contribution in [0.25, 0.3) is 0 Å². The maximum absolute atomic E-state index is 12.5. The van der Waals surface area contributed by atoms with Gasteiger partial charge in [0.05, 0.1) is 19.3 Å². The Kier molecular flexibility index (Phi) is 5.57. The molecule has 21 heavy (non-hydrogen) atoms. The summed E-state index contributed by atoms with van der Waals surface area (Å²) in [7, 11) is 0. The predicted octanol–water partition coefficient (Wildman–Crippen LogP) is -0.642. The summed E-state index contributed by atoms with van der Waals surface area (Å²) >= 11 is 1.63. The summed E-state index contributed by atoms with van der Waals surface area (Å²) < 4.78 is 6.56. The quantitative estimate of drug-likeness (QED) is 0.721. The van der Waals surface area contributed by atoms with Crippen molar-refractivity contribution in [2.24, 2.45) is 5.73 Å². The first-order valence-electron chi connectivity index (χ1n) is 6.83. The third-order valence-corrected chi connectivity index (χ3v) is 4.09. The second-order valence-corrected chi connectivity index (χ2v) is 5.65. The molecule has 1 aliphatic heterocycles. The molecule has 0 spiro atoms. The Morgan fingerprint density at radius 2 is 2.38 bits per heavy atom. The normalized spacial score (nSPS) is 18.6. The molecule has 0 bridgehead atoms. The van der Waals surface area contributed by atoms with E-state index < -0.39 is 6.04 Å². The molecule has 1 aromatic rings. The zero-order valence-electron chi connectivity index (χ0n) is 11.9. The third kappa shape index (κ3) is 3.73. The lowest BCUT2D eigenvalue weighted by Crippen LogP contribution is -2.51. The fourth-order valence-electron chi connectivity index (χ4n) is 2.07. The fourth-order valence-corrected chi connectivity index (χ4v) is 3.10. The number of thioether (sulfide) groups is 1. The van der Waals surface area contributed by atoms with E-state index in [4.69, 9.17) is 10.5 Å². The first-order valence-corrected chi connectivity index (χ1v) is 7.98. The maximum Gasteiger partial charge on any atom is 0.329 e. The Morgan fingerprint density at radius 1 is 1.57 bits per heavy atom. The van der Waals surface area contributed by atoms with Crippen molar-refractivity contribution in [2.75, 3.05) is 31.2 Å². The van der Waals surface area contributed by atoms with E-state index in [1.807, 2.05) is 0 Å². The summed E-state index contributed by atoms with van der Waals surface area (Å²) in [5.74, 6) is 0.670. The van der Waals surface area contributed by atoms with Gasteiger partial charge in [-0.15, -0.1) is 5.10 Å². The highest BCUT2D eigenvalue weighted by atomic mass is 32.2. The molecular weight excluding hydrogens is 294 g/mol. The SMILES string of the molecule is CCOC(=O)C1CSCCN1C(=O)c1cn(CCN)nn1. The first kappa shape index (κ1) is 15.8. The van der Waals surface area contributed by atoms with E-state index >= 15 is 0 Å². The van der Waals surface area contributed by atoms with Crippen LogP contribution < -0.4 is 5.73 Å². The summed E-state index contributed by atoms with van der Waals surface area (Å²) in [5.41, 5.74) is 5.66. The standard InChI is InChI=1S/C12H19N5O3S/c1-2-20-12(19)10-8-21-6-5-17(10)11(18)9-7-16(4-3-13)15-14-9/h7,10H,2-6,8,13H2,1H3. The van der Waals surface area contributed by atoms with E-state index in [1.165, 1.54) is 9.58 Å². The lowest BCUT2D eigenvalue weighted by molar-refractivity contribution is -0.147. The molecule has 0 radical (unpaired) electrons. The molecule has 1 atom stereocenters. The van der Waals surface area contributed by atoms with Crippen LogP contribution in [0.15, 0.2) is 6.20 Å². The van der Waals surface area contributed by atoms with Gasteiger partial charge in [-0.25, -0.2) is 4.79 Å². The average molecular weight is 313 g/mol. The number of hydrogen-bond donors (Lipinski definition) is 1. The van der Waals surface area contributed by atoms with E-state index in [-0.39, 0.29) is 17.6 Å². The Bertz CT molecular complexity index is 507. The van der Waals surface area contributed by atoms with Gasteiger partial charge in [-0.05, 0) is 6.92 Å². The molecule has 1 aliphatic rings. The van der Waals surface area contributed by atoms with E-state index in [9.17, 15) is 9.59 Å². The van der Waals surface area contributed by atoms with E-state index in [1.54, 1.807) is 24.9 Å². The number of hydrogen-bond acceptors (Lipinski definition) is 7. The number of amides is 1. The number of carbonyl (C=O) groups is 2. The second kappa shape index (κ2) is 7.41. The largest absolute Gasteiger partial charge is 0.464 e. The van der Waals surface area contributed by atoms with Crippen molar-refractivity contribution in [3.05, 3.63) is 11.9 Å². The number of esters is 1. The van der Waals surface area contributed by atoms with Crippen LogP contribution in [0.4, 0.5) is 0 Å². The molecule has 2 rings (SSSR count). The maximum atomic E-state index is 12.5. The number of rotatable bonds is 5. The zero-order valence-corrected chi connectivity index (χ0v) is 12.7. The summed E-state index contributed by atoms with van der Waals surface area (Å²) in [6, 6.07) is -0.559. The van der Waals surface area contributed by atoms with Crippen molar-refractivity contribution in [3.8, 4) is 0 Å². The summed E-state index contributed by atoms with van der Waals surface area (Å²) in [6.07, 6.45) is 1.55. The van der Waals surface area contributed by atoms with Crippen molar-refractivity contribution in [1.82, 2.24) is 19.9 Å². The minimum Gasteiger partial charge on any atom is -0.464 e. The molecule has 1 amide bonds. The van der Waals surface area contributed by atoms with Crippen LogP contribution in [0.5, 0.6) is 0 Å². The van der Waals surface area contributed by atoms with E-state index in [2.05, 4.69) is 10.3 Å². The van der Waals surface area contributed by atoms with Gasteiger partial charge in [-0.2, -0.15) is 11.8 Å². The number of ether oxygens (including phenoxy) is 1. The molecule has 2 N–H and O–H groups in total. The van der Waals surface area contributed by atoms with E-state index in [0.717, 1.165) is 5.75 Å². The van der Waals surface area contributed by atoms with E-state index in [0.29, 0.717) is 32.0 Å². The molecule has 1 aromatic heterocycles. The molecule has 2 heterocycles. The fraction of sp³-hybridized carbons (Fsp3) is 0.667. The summed E-state index contributed by atoms with van der Waals surface area (Å²) in [6.45, 7) is 3.46. The average Bonchev–Trinajstić information content (AvgIpc) is 2.96. The molecule has 0 aromatic carbocycles. The molecule has 1 unspecified atom stereocenters. The molecule has 1 fully saturated rings. The minimum atomic E-state index is -0.559. The zero-order chi connectivity index (χ0) is 15.2. The van der Waals surface area contributed by atoms with Gasteiger partial charge in [-0.3, -0.25) is 9.48 Å². The highest BCUT2D eigenvalue weighted by molar-refractivity contribution is 7.99. The summed E-state index contributed by atoms with van der Waals surface area (Å²) in [5, 5.41) is 7.70. The lowest BCUT2D eigenvalue weighted by atomic mass is 10.2. The Labute approximate surface area is 127 Å². The van der Waals surface area contributed by atoms with Crippen LogP contribution in [0.2, 0.25) is 0 Å². The first-order chi connectivity index (χ1) is 10.2. The lowest BCUT2D eigenvalue weighted by Gasteiger charge is -2.33. The van der Waals surface area contributed by atoms with Gasteiger partial charge in [0.15, 0.2) is 5.69 Å². The topological polar surface area (TPSA) is 103 Å². The Hall–Kier alpha value is -1.61. The van der Waals surface area contributed by atoms with Gasteiger partial charge < -0.3 is 15.4 Å². The van der Waals surface area contributed by atoms with Crippen LogP contribution in [-0.2, 0) is 16.1 Å². The van der Waals surface area contributed by atoms with Crippen molar-refractivity contribution >= 4 is 23.6 Å². The Balaban J connectivity index is 2.12. The van der Waals surface area contributed by atoms with Crippen LogP contribution in [0, 0.1) is 0 Å². The van der Waals surface area contributed by atoms with Crippen LogP contribution in [-0.4, -0.2) is 69.0 Å². The van der Waals surface area contributed by atoms with Gasteiger partial charge in [0, 0.05) is 24.6 Å². The molecule has 116 valence electrons. The summed E-state index contributed by atoms with van der Waals surface area (Å²) in [4.78, 5) is 26.0. The van der Waals surface area contributed by atoms with Gasteiger partial charge in [0.1, 0.15) is 6.04 Å². The molecule has 0 saturated carbocycles. The van der Waals surface area contributed by atoms with Crippen molar-refractivity contribution < 1.29 is 14.3 Å². The second-order valence-electron chi connectivity index (χ2n) is 4.50. The molecule has 8 nitrogen and oxygen atoms in total. The number of aromatic nitrogens is 3. The Morgan fingerprint density at radius 3 is 3.10 bits per heavy atom. The minimum absolute atomic E-state index is 0.227. The van der Waals surface area contributed by atoms with Crippen molar-refractivity contribution in [3.63, 3.8) is 0 Å². The monoisotopic (exact) mass is 313 g/mol. The van der Waals surface area contributed by atoms with Crippen molar-refractivity contribution in [2.45, 2.75) is 19.5 Å². The van der Waals surface area contributed by atoms with Crippen LogP contribution in [0.1, 0.15) is 17.4 Å². The van der Waals surface area contributed by atoms with Gasteiger partial charge >= 0.3 is 5.97 Å². The number of nitrogens with zero attached hydrogens (tertiary/aromatic N) is 4. The third-order valence-electron chi connectivity index (χ3n) is 3.06. The van der Waals surface area contributed by atoms with Crippen LogP contribution in [0.3, 0.4) is 0 Å². The van der Waals surface area contributed by atoms with Gasteiger partial charge in [-0.1, -0.05) is 5.21 Å². The molecule has 0 aliphatic carbocycles. The number of carbonyl (C=O) groups excluding carboxylic acids is 2. The molecule has 1 saturated heterocycles. The van der Waals surface area contributed by atoms with Gasteiger partial charge in [0.2, 0.25) is 0 Å². The highest BCUT2D eigenvalue weighted by Gasteiger charge is 2.35. The smallest absolute Gasteiger partial charge is 0.329 e. The number of nitrogens with two attached hydrogens (primary N) is 1. The molecule has 9 heteroatoms. The van der Waals surface area contributed by atoms with Gasteiger partial charge in [0.25, 0.3) is 5.91 Å².